The van der Waals surface area contributed by atoms with Gasteiger partial charge in [0.25, 0.3) is 0 Å². The van der Waals surface area contributed by atoms with Crippen LogP contribution < -0.4 is 10.1 Å². The molecule has 94 valence electrons. The molecule has 2 heteroatoms. The van der Waals surface area contributed by atoms with Crippen LogP contribution in [0.3, 0.4) is 0 Å². The molecule has 0 saturated heterocycles. The molecule has 0 saturated carbocycles. The molecule has 2 nitrogen and oxygen atoms in total. The molecule has 1 N–H and O–H groups in total. The maximum Gasteiger partial charge on any atom is 0.119 e. The van der Waals surface area contributed by atoms with Gasteiger partial charge in [-0.1, -0.05) is 32.1 Å². The number of nitrogens with one attached hydrogen (secondary N) is 1. The van der Waals surface area contributed by atoms with Gasteiger partial charge in [-0.2, -0.15) is 0 Å². The van der Waals surface area contributed by atoms with Crippen LogP contribution in [0.5, 0.6) is 5.75 Å². The van der Waals surface area contributed by atoms with E-state index in [-0.39, 0.29) is 0 Å². The predicted octanol–water partition coefficient (Wildman–Crippen LogP) is 3.53. The Morgan fingerprint density at radius 3 is 2.94 bits per heavy atom. The van der Waals surface area contributed by atoms with Gasteiger partial charge < -0.3 is 10.1 Å². The van der Waals surface area contributed by atoms with Crippen molar-refractivity contribution in [1.29, 1.82) is 0 Å². The topological polar surface area (TPSA) is 21.3 Å². The van der Waals surface area contributed by atoms with E-state index >= 15 is 0 Å². The Hall–Kier alpha value is -1.28. The van der Waals surface area contributed by atoms with Crippen molar-refractivity contribution >= 4 is 0 Å². The van der Waals surface area contributed by atoms with E-state index in [2.05, 4.69) is 37.9 Å². The van der Waals surface area contributed by atoms with Gasteiger partial charge in [0.2, 0.25) is 0 Å². The third-order valence-electron chi connectivity index (χ3n) is 2.43. The van der Waals surface area contributed by atoms with Crippen LogP contribution >= 0.6 is 0 Å². The predicted molar refractivity (Wildman–Crippen MR) is 73.3 cm³/mol. The van der Waals surface area contributed by atoms with E-state index in [9.17, 15) is 0 Å². The highest BCUT2D eigenvalue weighted by Crippen LogP contribution is 2.13. The van der Waals surface area contributed by atoms with Crippen LogP contribution in [0.25, 0.3) is 0 Å². The lowest BCUT2D eigenvalue weighted by atomic mass is 10.2. The Kier molecular flexibility index (Phi) is 6.41. The summed E-state index contributed by atoms with van der Waals surface area (Å²) < 4.78 is 5.68. The second kappa shape index (κ2) is 7.91. The Morgan fingerprint density at radius 1 is 1.41 bits per heavy atom. The van der Waals surface area contributed by atoms with Crippen molar-refractivity contribution in [2.45, 2.75) is 39.3 Å². The minimum absolute atomic E-state index is 0.507. The zero-order valence-electron chi connectivity index (χ0n) is 10.9. The summed E-state index contributed by atoms with van der Waals surface area (Å²) in [5.41, 5.74) is 1.26. The van der Waals surface area contributed by atoms with Crippen LogP contribution in [-0.2, 0) is 6.54 Å². The third kappa shape index (κ3) is 6.12. The van der Waals surface area contributed by atoms with Crippen molar-refractivity contribution in [3.8, 4) is 5.75 Å². The Labute approximate surface area is 105 Å². The lowest BCUT2D eigenvalue weighted by Gasteiger charge is -2.10. The van der Waals surface area contributed by atoms with Crippen LogP contribution in [0, 0.1) is 0 Å². The van der Waals surface area contributed by atoms with Gasteiger partial charge in [0.15, 0.2) is 0 Å². The van der Waals surface area contributed by atoms with Gasteiger partial charge >= 0.3 is 0 Å². The smallest absolute Gasteiger partial charge is 0.119 e. The van der Waals surface area contributed by atoms with E-state index in [1.165, 1.54) is 5.56 Å². The first kappa shape index (κ1) is 13.8. The summed E-state index contributed by atoms with van der Waals surface area (Å²) in [6.45, 7) is 9.64. The number of benzene rings is 1. The minimum Gasteiger partial charge on any atom is -0.494 e. The highest BCUT2D eigenvalue weighted by atomic mass is 16.5. The number of allylic oxidation sites excluding steroid dienone is 1. The molecule has 0 aliphatic carbocycles. The average Bonchev–Trinajstić information content (AvgIpc) is 2.33. The molecule has 0 unspecified atom stereocenters. The number of hydrogen-bond donors (Lipinski definition) is 1. The minimum atomic E-state index is 0.507. The fourth-order valence-corrected chi connectivity index (χ4v) is 1.48. The first-order chi connectivity index (χ1) is 8.22. The van der Waals surface area contributed by atoms with Gasteiger partial charge in [0.05, 0.1) is 6.61 Å². The SMILES string of the molecule is C=CCCCOc1cccc(CNC(C)C)c1. The molecule has 1 aromatic rings. The molecule has 0 radical (unpaired) electrons. The van der Waals surface area contributed by atoms with E-state index in [0.717, 1.165) is 31.7 Å². The van der Waals surface area contributed by atoms with Gasteiger partial charge in [0.1, 0.15) is 5.75 Å². The summed E-state index contributed by atoms with van der Waals surface area (Å²) in [7, 11) is 0. The molecule has 0 aliphatic heterocycles. The maximum absolute atomic E-state index is 5.68. The molecule has 0 bridgehead atoms. The van der Waals surface area contributed by atoms with Gasteiger partial charge in [-0.3, -0.25) is 0 Å². The zero-order valence-corrected chi connectivity index (χ0v) is 10.9. The molecule has 0 aromatic heterocycles. The number of unbranched alkanes of at least 4 members (excludes halogenated alkanes) is 1. The summed E-state index contributed by atoms with van der Waals surface area (Å²) >= 11 is 0. The Morgan fingerprint density at radius 2 is 2.24 bits per heavy atom. The standard InChI is InChI=1S/C15H23NO/c1-4-5-6-10-17-15-9-7-8-14(11-15)12-16-13(2)3/h4,7-9,11,13,16H,1,5-6,10,12H2,2-3H3. The lowest BCUT2D eigenvalue weighted by Crippen LogP contribution is -2.21. The molecule has 0 atom stereocenters. The molecule has 0 spiro atoms. The maximum atomic E-state index is 5.68. The Bertz CT molecular complexity index is 333. The first-order valence-electron chi connectivity index (χ1n) is 6.28. The van der Waals surface area contributed by atoms with Crippen molar-refractivity contribution in [3.05, 3.63) is 42.5 Å². The summed E-state index contributed by atoms with van der Waals surface area (Å²) in [6.07, 6.45) is 3.96. The highest BCUT2D eigenvalue weighted by molar-refractivity contribution is 5.28. The largest absolute Gasteiger partial charge is 0.494 e. The van der Waals surface area contributed by atoms with E-state index in [1.807, 2.05) is 18.2 Å². The van der Waals surface area contributed by atoms with Gasteiger partial charge in [0, 0.05) is 12.6 Å². The molecule has 0 heterocycles. The van der Waals surface area contributed by atoms with E-state index in [1.54, 1.807) is 0 Å². The second-order valence-corrected chi connectivity index (χ2v) is 4.46. The number of rotatable bonds is 8. The third-order valence-corrected chi connectivity index (χ3v) is 2.43. The van der Waals surface area contributed by atoms with Gasteiger partial charge in [-0.25, -0.2) is 0 Å². The number of hydrogen-bond acceptors (Lipinski definition) is 2. The van der Waals surface area contributed by atoms with Crippen molar-refractivity contribution in [1.82, 2.24) is 5.32 Å². The first-order valence-corrected chi connectivity index (χ1v) is 6.28. The fourth-order valence-electron chi connectivity index (χ4n) is 1.48. The molecule has 1 aromatic carbocycles. The molecule has 17 heavy (non-hydrogen) atoms. The second-order valence-electron chi connectivity index (χ2n) is 4.46. The van der Waals surface area contributed by atoms with Crippen molar-refractivity contribution < 1.29 is 4.74 Å². The fraction of sp³-hybridized carbons (Fsp3) is 0.467. The molecular weight excluding hydrogens is 210 g/mol. The molecule has 0 aliphatic rings. The van der Waals surface area contributed by atoms with Crippen molar-refractivity contribution in [2.75, 3.05) is 6.61 Å². The van der Waals surface area contributed by atoms with Crippen LogP contribution in [0.2, 0.25) is 0 Å². The normalized spacial score (nSPS) is 10.5. The molecular formula is C15H23NO. The summed E-state index contributed by atoms with van der Waals surface area (Å²) in [5, 5.41) is 3.40. The van der Waals surface area contributed by atoms with E-state index in [4.69, 9.17) is 4.74 Å². The van der Waals surface area contributed by atoms with Crippen molar-refractivity contribution in [2.24, 2.45) is 0 Å². The van der Waals surface area contributed by atoms with E-state index in [0.29, 0.717) is 6.04 Å². The lowest BCUT2D eigenvalue weighted by molar-refractivity contribution is 0.311. The quantitative estimate of drug-likeness (QED) is 0.548. The molecule has 0 fully saturated rings. The highest BCUT2D eigenvalue weighted by Gasteiger charge is 1.98. The van der Waals surface area contributed by atoms with Crippen molar-refractivity contribution in [3.63, 3.8) is 0 Å². The molecule has 0 amide bonds. The summed E-state index contributed by atoms with van der Waals surface area (Å²) in [6, 6.07) is 8.77. The zero-order chi connectivity index (χ0) is 12.5. The monoisotopic (exact) mass is 233 g/mol. The van der Waals surface area contributed by atoms with Gasteiger partial charge in [-0.05, 0) is 30.5 Å². The summed E-state index contributed by atoms with van der Waals surface area (Å²) in [4.78, 5) is 0. The molecule has 1 rings (SSSR count). The van der Waals surface area contributed by atoms with Crippen LogP contribution in [0.4, 0.5) is 0 Å². The van der Waals surface area contributed by atoms with Gasteiger partial charge in [-0.15, -0.1) is 6.58 Å². The Balaban J connectivity index is 2.39. The van der Waals surface area contributed by atoms with E-state index < -0.39 is 0 Å². The van der Waals surface area contributed by atoms with Crippen LogP contribution in [-0.4, -0.2) is 12.6 Å². The summed E-state index contributed by atoms with van der Waals surface area (Å²) in [5.74, 6) is 0.956. The average molecular weight is 233 g/mol. The van der Waals surface area contributed by atoms with Crippen LogP contribution in [0.15, 0.2) is 36.9 Å². The van der Waals surface area contributed by atoms with Crippen LogP contribution in [0.1, 0.15) is 32.3 Å². The number of ether oxygens (including phenoxy) is 1.